The minimum atomic E-state index is -3.57. The van der Waals surface area contributed by atoms with Gasteiger partial charge in [-0.3, -0.25) is 0 Å². The van der Waals surface area contributed by atoms with E-state index in [1.165, 1.54) is 0 Å². The summed E-state index contributed by atoms with van der Waals surface area (Å²) in [6.07, 6.45) is 0.878. The second kappa shape index (κ2) is 5.43. The van der Waals surface area contributed by atoms with E-state index in [1.54, 1.807) is 24.3 Å². The number of nitrogens with two attached hydrogens (primary N) is 1. The van der Waals surface area contributed by atoms with E-state index in [0.29, 0.717) is 6.04 Å². The highest BCUT2D eigenvalue weighted by molar-refractivity contribution is 7.89. The lowest BCUT2D eigenvalue weighted by Gasteiger charge is -2.07. The second-order valence-electron chi connectivity index (χ2n) is 4.05. The van der Waals surface area contributed by atoms with E-state index in [9.17, 15) is 8.42 Å². The van der Waals surface area contributed by atoms with Gasteiger partial charge in [-0.25, -0.2) is 13.6 Å². The quantitative estimate of drug-likeness (QED) is 0.805. The zero-order valence-corrected chi connectivity index (χ0v) is 10.4. The van der Waals surface area contributed by atoms with Crippen molar-refractivity contribution in [3.8, 4) is 0 Å². The van der Waals surface area contributed by atoms with E-state index in [0.717, 1.165) is 18.5 Å². The number of primary sulfonamides is 1. The lowest BCUT2D eigenvalue weighted by molar-refractivity contribution is 0.590. The first-order valence-corrected chi connectivity index (χ1v) is 6.79. The number of hydrogen-bond donors (Lipinski definition) is 2. The molecule has 0 amide bonds. The number of benzene rings is 1. The molecule has 4 nitrogen and oxygen atoms in total. The van der Waals surface area contributed by atoms with Gasteiger partial charge in [0.1, 0.15) is 0 Å². The lowest BCUT2D eigenvalue weighted by Crippen LogP contribution is -2.24. The topological polar surface area (TPSA) is 72.2 Å². The van der Waals surface area contributed by atoms with Crippen LogP contribution in [0.25, 0.3) is 0 Å². The fraction of sp³-hybridized carbons (Fsp3) is 0.455. The van der Waals surface area contributed by atoms with E-state index < -0.39 is 10.0 Å². The Bertz CT molecular complexity index is 424. The smallest absolute Gasteiger partial charge is 0.238 e. The van der Waals surface area contributed by atoms with Crippen molar-refractivity contribution in [3.05, 3.63) is 29.8 Å². The van der Waals surface area contributed by atoms with Crippen LogP contribution in [-0.2, 0) is 16.4 Å². The average Bonchev–Trinajstić information content (AvgIpc) is 2.16. The highest BCUT2D eigenvalue weighted by atomic mass is 32.2. The SMILES string of the molecule is CC(C)NCCc1ccc(S(N)(=O)=O)cc1. The standard InChI is InChI=1S/C11H18N2O2S/c1-9(2)13-8-7-10-3-5-11(6-4-10)16(12,14)15/h3-6,9,13H,7-8H2,1-2H3,(H2,12,14,15). The van der Waals surface area contributed by atoms with Crippen LogP contribution in [0.3, 0.4) is 0 Å². The summed E-state index contributed by atoms with van der Waals surface area (Å²) in [6, 6.07) is 7.13. The first-order chi connectivity index (χ1) is 7.39. The molecule has 0 aliphatic heterocycles. The molecule has 0 fully saturated rings. The molecule has 0 saturated carbocycles. The molecule has 90 valence electrons. The zero-order valence-electron chi connectivity index (χ0n) is 9.60. The Morgan fingerprint density at radius 1 is 1.25 bits per heavy atom. The van der Waals surface area contributed by atoms with Crippen LogP contribution in [0.2, 0.25) is 0 Å². The Morgan fingerprint density at radius 2 is 1.81 bits per heavy atom. The summed E-state index contributed by atoms with van der Waals surface area (Å²) in [5, 5.41) is 8.30. The molecule has 1 rings (SSSR count). The van der Waals surface area contributed by atoms with E-state index in [-0.39, 0.29) is 4.90 Å². The van der Waals surface area contributed by atoms with Crippen LogP contribution in [0, 0.1) is 0 Å². The molecule has 0 atom stereocenters. The maximum Gasteiger partial charge on any atom is 0.238 e. The third-order valence-electron chi connectivity index (χ3n) is 2.22. The van der Waals surface area contributed by atoms with E-state index in [2.05, 4.69) is 19.2 Å². The molecule has 0 saturated heterocycles. The molecule has 0 radical (unpaired) electrons. The lowest BCUT2D eigenvalue weighted by atomic mass is 10.1. The predicted molar refractivity (Wildman–Crippen MR) is 64.7 cm³/mol. The van der Waals surface area contributed by atoms with Gasteiger partial charge < -0.3 is 5.32 Å². The Balaban J connectivity index is 2.59. The summed E-state index contributed by atoms with van der Waals surface area (Å²) in [5.41, 5.74) is 1.10. The molecule has 0 unspecified atom stereocenters. The first-order valence-electron chi connectivity index (χ1n) is 5.25. The Kier molecular flexibility index (Phi) is 4.46. The second-order valence-corrected chi connectivity index (χ2v) is 5.61. The summed E-state index contributed by atoms with van der Waals surface area (Å²) >= 11 is 0. The van der Waals surface area contributed by atoms with Gasteiger partial charge >= 0.3 is 0 Å². The number of rotatable bonds is 5. The Morgan fingerprint density at radius 3 is 2.25 bits per heavy atom. The van der Waals surface area contributed by atoms with Crippen molar-refractivity contribution in [1.29, 1.82) is 0 Å². The van der Waals surface area contributed by atoms with Gasteiger partial charge in [-0.1, -0.05) is 26.0 Å². The summed E-state index contributed by atoms with van der Waals surface area (Å²) < 4.78 is 22.0. The molecule has 1 aromatic carbocycles. The van der Waals surface area contributed by atoms with Crippen LogP contribution in [0.4, 0.5) is 0 Å². The molecule has 0 spiro atoms. The maximum atomic E-state index is 11.0. The van der Waals surface area contributed by atoms with Crippen LogP contribution in [-0.4, -0.2) is 21.0 Å². The molecule has 5 heteroatoms. The van der Waals surface area contributed by atoms with Crippen molar-refractivity contribution in [3.63, 3.8) is 0 Å². The van der Waals surface area contributed by atoms with Crippen LogP contribution >= 0.6 is 0 Å². The van der Waals surface area contributed by atoms with Crippen LogP contribution in [0.5, 0.6) is 0 Å². The third kappa shape index (κ3) is 4.30. The number of nitrogens with one attached hydrogen (secondary N) is 1. The number of sulfonamides is 1. The molecule has 16 heavy (non-hydrogen) atoms. The largest absolute Gasteiger partial charge is 0.314 e. The Hall–Kier alpha value is -0.910. The molecule has 0 bridgehead atoms. The monoisotopic (exact) mass is 242 g/mol. The van der Waals surface area contributed by atoms with Gasteiger partial charge in [0.2, 0.25) is 10.0 Å². The van der Waals surface area contributed by atoms with Gasteiger partial charge in [0.15, 0.2) is 0 Å². The number of hydrogen-bond acceptors (Lipinski definition) is 3. The molecule has 0 aromatic heterocycles. The van der Waals surface area contributed by atoms with Crippen molar-refractivity contribution >= 4 is 10.0 Å². The maximum absolute atomic E-state index is 11.0. The highest BCUT2D eigenvalue weighted by Crippen LogP contribution is 2.08. The van der Waals surface area contributed by atoms with Gasteiger partial charge in [0.05, 0.1) is 4.90 Å². The minimum Gasteiger partial charge on any atom is -0.314 e. The van der Waals surface area contributed by atoms with Crippen LogP contribution in [0.1, 0.15) is 19.4 Å². The van der Waals surface area contributed by atoms with Crippen LogP contribution < -0.4 is 10.5 Å². The highest BCUT2D eigenvalue weighted by Gasteiger charge is 2.06. The van der Waals surface area contributed by atoms with Gasteiger partial charge in [0, 0.05) is 6.04 Å². The van der Waals surface area contributed by atoms with Crippen LogP contribution in [0.15, 0.2) is 29.2 Å². The van der Waals surface area contributed by atoms with Gasteiger partial charge in [0.25, 0.3) is 0 Å². The molecular formula is C11H18N2O2S. The minimum absolute atomic E-state index is 0.160. The van der Waals surface area contributed by atoms with Crippen molar-refractivity contribution < 1.29 is 8.42 Å². The fourth-order valence-corrected chi connectivity index (χ4v) is 1.87. The summed E-state index contributed by atoms with van der Waals surface area (Å²) in [7, 11) is -3.57. The average molecular weight is 242 g/mol. The fourth-order valence-electron chi connectivity index (χ4n) is 1.35. The summed E-state index contributed by atoms with van der Waals surface area (Å²) in [6.45, 7) is 5.06. The summed E-state index contributed by atoms with van der Waals surface area (Å²) in [4.78, 5) is 0.160. The Labute approximate surface area is 96.9 Å². The predicted octanol–water partition coefficient (Wildman–Crippen LogP) is 0.875. The molecule has 0 aliphatic carbocycles. The third-order valence-corrected chi connectivity index (χ3v) is 3.15. The van der Waals surface area contributed by atoms with Gasteiger partial charge in [-0.2, -0.15) is 0 Å². The van der Waals surface area contributed by atoms with Crippen molar-refractivity contribution in [1.82, 2.24) is 5.32 Å². The molecule has 1 aromatic rings. The molecule has 0 aliphatic rings. The zero-order chi connectivity index (χ0) is 12.2. The van der Waals surface area contributed by atoms with Crippen molar-refractivity contribution in [2.24, 2.45) is 5.14 Å². The van der Waals surface area contributed by atoms with Crippen molar-refractivity contribution in [2.75, 3.05) is 6.54 Å². The normalized spacial score (nSPS) is 12.0. The van der Waals surface area contributed by atoms with Gasteiger partial charge in [-0.15, -0.1) is 0 Å². The van der Waals surface area contributed by atoms with E-state index >= 15 is 0 Å². The molecular weight excluding hydrogens is 224 g/mol. The molecule has 3 N–H and O–H groups in total. The van der Waals surface area contributed by atoms with E-state index in [1.807, 2.05) is 0 Å². The van der Waals surface area contributed by atoms with Gasteiger partial charge in [-0.05, 0) is 30.7 Å². The summed E-state index contributed by atoms with van der Waals surface area (Å²) in [5.74, 6) is 0. The first kappa shape index (κ1) is 13.2. The molecule has 0 heterocycles. The van der Waals surface area contributed by atoms with E-state index in [4.69, 9.17) is 5.14 Å². The van der Waals surface area contributed by atoms with Crippen molar-refractivity contribution in [2.45, 2.75) is 31.2 Å².